The lowest BCUT2D eigenvalue weighted by atomic mass is 9.55. The van der Waals surface area contributed by atoms with Crippen molar-refractivity contribution >= 4 is 21.9 Å². The Bertz CT molecular complexity index is 2120. The van der Waals surface area contributed by atoms with E-state index in [0.717, 1.165) is 33.2 Å². The fourth-order valence-corrected chi connectivity index (χ4v) is 6.66. The minimum absolute atomic E-state index is 0.212. The second-order valence-corrected chi connectivity index (χ2v) is 12.5. The van der Waals surface area contributed by atoms with Gasteiger partial charge in [0.15, 0.2) is 17.5 Å². The summed E-state index contributed by atoms with van der Waals surface area (Å²) in [6.07, 6.45) is 0. The second kappa shape index (κ2) is 9.20. The van der Waals surface area contributed by atoms with Gasteiger partial charge in [-0.2, -0.15) is 0 Å². The van der Waals surface area contributed by atoms with Gasteiger partial charge in [-0.25, -0.2) is 15.0 Å². The number of fused-ring (bicyclic) bond motifs is 7. The molecule has 8 rings (SSSR count). The lowest BCUT2D eigenvalue weighted by Crippen LogP contribution is -2.43. The largest absolute Gasteiger partial charge is 0.456 e. The quantitative estimate of drug-likeness (QED) is 0.217. The van der Waals surface area contributed by atoms with Gasteiger partial charge in [-0.3, -0.25) is 0 Å². The third-order valence-electron chi connectivity index (χ3n) is 9.68. The summed E-state index contributed by atoms with van der Waals surface area (Å²) in [5.41, 5.74) is 9.40. The molecule has 0 saturated carbocycles. The normalized spacial score (nSPS) is 14.9. The highest BCUT2D eigenvalue weighted by atomic mass is 16.3. The Morgan fingerprint density at radius 2 is 1.05 bits per heavy atom. The summed E-state index contributed by atoms with van der Waals surface area (Å²) in [6.45, 7) is 9.38. The Labute approximate surface area is 251 Å². The standard InChI is InChI=1S/C39H31N3O/c1-38(2)31-23-26(37-41-35(24-13-7-5-8-14-24)40-36(42-37)25-15-9-6-10-16-25)19-20-27(31)29-21-22-30-28-17-11-12-18-32(28)43-34(30)33(29)39(38,3)4/h5-23H,1-4H3. The van der Waals surface area contributed by atoms with Crippen molar-refractivity contribution in [2.75, 3.05) is 0 Å². The summed E-state index contributed by atoms with van der Waals surface area (Å²) in [5, 5.41) is 2.33. The first-order valence-electron chi connectivity index (χ1n) is 14.8. The maximum absolute atomic E-state index is 6.57. The fourth-order valence-electron chi connectivity index (χ4n) is 6.66. The summed E-state index contributed by atoms with van der Waals surface area (Å²) in [6, 6.07) is 39.8. The van der Waals surface area contributed by atoms with Gasteiger partial charge in [0.2, 0.25) is 0 Å². The molecule has 1 aliphatic carbocycles. The number of hydrogen-bond acceptors (Lipinski definition) is 4. The van der Waals surface area contributed by atoms with Crippen LogP contribution in [0.2, 0.25) is 0 Å². The van der Waals surface area contributed by atoms with Crippen molar-refractivity contribution in [3.05, 3.63) is 126 Å². The average molecular weight is 558 g/mol. The van der Waals surface area contributed by atoms with Gasteiger partial charge in [0.25, 0.3) is 0 Å². The van der Waals surface area contributed by atoms with E-state index in [1.165, 1.54) is 27.6 Å². The zero-order valence-electron chi connectivity index (χ0n) is 24.7. The SMILES string of the molecule is CC1(C)c2cc(-c3nc(-c4ccccc4)nc(-c4ccccc4)n3)ccc2-c2ccc3c(oc4ccccc43)c2C1(C)C. The van der Waals surface area contributed by atoms with Gasteiger partial charge in [-0.1, -0.05) is 125 Å². The molecule has 0 radical (unpaired) electrons. The molecule has 0 spiro atoms. The molecule has 0 saturated heterocycles. The van der Waals surface area contributed by atoms with Gasteiger partial charge in [0.1, 0.15) is 11.2 Å². The van der Waals surface area contributed by atoms with E-state index in [-0.39, 0.29) is 10.8 Å². The summed E-state index contributed by atoms with van der Waals surface area (Å²) in [5.74, 6) is 2.00. The van der Waals surface area contributed by atoms with E-state index in [9.17, 15) is 0 Å². The lowest BCUT2D eigenvalue weighted by Gasteiger charge is -2.48. The van der Waals surface area contributed by atoms with Crippen LogP contribution in [0.1, 0.15) is 38.8 Å². The highest BCUT2D eigenvalue weighted by Gasteiger charge is 2.47. The van der Waals surface area contributed by atoms with Crippen molar-refractivity contribution in [1.29, 1.82) is 0 Å². The molecule has 5 aromatic carbocycles. The maximum atomic E-state index is 6.57. The maximum Gasteiger partial charge on any atom is 0.164 e. The predicted molar refractivity (Wildman–Crippen MR) is 175 cm³/mol. The van der Waals surface area contributed by atoms with Crippen molar-refractivity contribution in [3.63, 3.8) is 0 Å². The predicted octanol–water partition coefficient (Wildman–Crippen LogP) is 10.0. The molecule has 0 amide bonds. The van der Waals surface area contributed by atoms with Gasteiger partial charge in [-0.15, -0.1) is 0 Å². The van der Waals surface area contributed by atoms with Crippen molar-refractivity contribution < 1.29 is 4.42 Å². The third-order valence-corrected chi connectivity index (χ3v) is 9.68. The number of benzene rings is 5. The van der Waals surface area contributed by atoms with Crippen LogP contribution in [0.5, 0.6) is 0 Å². The van der Waals surface area contributed by atoms with E-state index in [1.807, 2.05) is 66.7 Å². The minimum Gasteiger partial charge on any atom is -0.456 e. The monoisotopic (exact) mass is 557 g/mol. The minimum atomic E-state index is -0.217. The van der Waals surface area contributed by atoms with E-state index in [1.54, 1.807) is 0 Å². The number of para-hydroxylation sites is 1. The Morgan fingerprint density at radius 1 is 0.488 bits per heavy atom. The van der Waals surface area contributed by atoms with Crippen LogP contribution >= 0.6 is 0 Å². The van der Waals surface area contributed by atoms with Gasteiger partial charge >= 0.3 is 0 Å². The zero-order chi connectivity index (χ0) is 29.3. The molecule has 208 valence electrons. The highest BCUT2D eigenvalue weighted by Crippen LogP contribution is 2.56. The molecule has 1 aliphatic rings. The van der Waals surface area contributed by atoms with Crippen LogP contribution in [0.3, 0.4) is 0 Å². The summed E-state index contributed by atoms with van der Waals surface area (Å²) < 4.78 is 6.57. The molecule has 0 N–H and O–H groups in total. The number of rotatable bonds is 3. The first-order valence-corrected chi connectivity index (χ1v) is 14.8. The van der Waals surface area contributed by atoms with Crippen LogP contribution in [0.15, 0.2) is 120 Å². The second-order valence-electron chi connectivity index (χ2n) is 12.5. The molecule has 2 heterocycles. The number of hydrogen-bond donors (Lipinski definition) is 0. The van der Waals surface area contributed by atoms with Crippen LogP contribution in [0, 0.1) is 0 Å². The highest BCUT2D eigenvalue weighted by molar-refractivity contribution is 6.08. The van der Waals surface area contributed by atoms with E-state index in [0.29, 0.717) is 17.5 Å². The van der Waals surface area contributed by atoms with E-state index >= 15 is 0 Å². The smallest absolute Gasteiger partial charge is 0.164 e. The Hall–Kier alpha value is -5.09. The van der Waals surface area contributed by atoms with Gasteiger partial charge in [-0.05, 0) is 40.3 Å². The van der Waals surface area contributed by atoms with E-state index in [4.69, 9.17) is 19.4 Å². The molecule has 0 atom stereocenters. The van der Waals surface area contributed by atoms with Crippen LogP contribution in [0.4, 0.5) is 0 Å². The molecule has 0 fully saturated rings. The van der Waals surface area contributed by atoms with Gasteiger partial charge in [0.05, 0.1) is 0 Å². The van der Waals surface area contributed by atoms with E-state index < -0.39 is 0 Å². The van der Waals surface area contributed by atoms with Crippen LogP contribution in [0.25, 0.3) is 67.2 Å². The molecule has 0 unspecified atom stereocenters. The Kier molecular flexibility index (Phi) is 5.48. The average Bonchev–Trinajstić information content (AvgIpc) is 3.43. The molecule has 0 aliphatic heterocycles. The summed E-state index contributed by atoms with van der Waals surface area (Å²) in [7, 11) is 0. The van der Waals surface area contributed by atoms with Crippen LogP contribution < -0.4 is 0 Å². The molecular weight excluding hydrogens is 526 g/mol. The molecule has 7 aromatic rings. The van der Waals surface area contributed by atoms with Crippen LogP contribution in [-0.2, 0) is 10.8 Å². The zero-order valence-corrected chi connectivity index (χ0v) is 24.7. The molecule has 0 bridgehead atoms. The number of aromatic nitrogens is 3. The first-order chi connectivity index (χ1) is 20.8. The Morgan fingerprint density at radius 3 is 1.70 bits per heavy atom. The third kappa shape index (κ3) is 3.79. The fraction of sp³-hybridized carbons (Fsp3) is 0.154. The van der Waals surface area contributed by atoms with E-state index in [2.05, 4.69) is 76.2 Å². The van der Waals surface area contributed by atoms with Crippen molar-refractivity contribution in [1.82, 2.24) is 15.0 Å². The van der Waals surface area contributed by atoms with Crippen LogP contribution in [-0.4, -0.2) is 15.0 Å². The van der Waals surface area contributed by atoms with Crippen molar-refractivity contribution in [2.45, 2.75) is 38.5 Å². The van der Waals surface area contributed by atoms with Gasteiger partial charge < -0.3 is 4.42 Å². The molecule has 43 heavy (non-hydrogen) atoms. The Balaban J connectivity index is 1.35. The summed E-state index contributed by atoms with van der Waals surface area (Å²) in [4.78, 5) is 14.9. The molecular formula is C39H31N3O. The van der Waals surface area contributed by atoms with Gasteiger partial charge in [0, 0.05) is 38.4 Å². The lowest BCUT2D eigenvalue weighted by molar-refractivity contribution is 0.299. The molecule has 4 heteroatoms. The van der Waals surface area contributed by atoms with Crippen molar-refractivity contribution in [2.24, 2.45) is 0 Å². The molecule has 2 aromatic heterocycles. The first kappa shape index (κ1) is 25.6. The number of furan rings is 1. The molecule has 4 nitrogen and oxygen atoms in total. The number of nitrogens with zero attached hydrogens (tertiary/aromatic N) is 3. The topological polar surface area (TPSA) is 51.8 Å². The summed E-state index contributed by atoms with van der Waals surface area (Å²) >= 11 is 0. The van der Waals surface area contributed by atoms with Crippen molar-refractivity contribution in [3.8, 4) is 45.3 Å².